The van der Waals surface area contributed by atoms with E-state index >= 15 is 0 Å². The van der Waals surface area contributed by atoms with E-state index in [9.17, 15) is 0 Å². The zero-order valence-corrected chi connectivity index (χ0v) is 12.3. The molecule has 2 aromatic rings. The topological polar surface area (TPSA) is 0 Å². The molecule has 0 aromatic heterocycles. The highest BCUT2D eigenvalue weighted by Crippen LogP contribution is 2.21. The average molecular weight is 256 g/mol. The van der Waals surface area contributed by atoms with Crippen LogP contribution in [-0.2, 0) is 12.8 Å². The fourth-order valence-electron chi connectivity index (χ4n) is 2.14. The van der Waals surface area contributed by atoms with E-state index in [0.717, 1.165) is 12.8 Å². The maximum Gasteiger partial charge on any atom is -0.0184 e. The molecular weight excluding hydrogens is 235 g/mol. The van der Waals surface area contributed by atoms with Gasteiger partial charge in [0.05, 0.1) is 0 Å². The minimum atomic E-state index is 0.639. The molecule has 0 aliphatic rings. The third kappa shape index (κ3) is 3.43. The van der Waals surface area contributed by atoms with Crippen molar-refractivity contribution in [3.8, 4) is 11.1 Å². The second-order valence-electron chi connectivity index (χ2n) is 4.93. The van der Waals surface area contributed by atoms with Gasteiger partial charge in [-0.15, -0.1) is 9.24 Å². The molecule has 2 unspecified atom stereocenters. The van der Waals surface area contributed by atoms with Gasteiger partial charge in [-0.25, -0.2) is 0 Å². The van der Waals surface area contributed by atoms with Gasteiger partial charge in [0.25, 0.3) is 0 Å². The SMILES string of the molecule is CCc1ccc(-c2ccc(CC(C)P)cc2)cc1. The van der Waals surface area contributed by atoms with Crippen LogP contribution in [0, 0.1) is 0 Å². The van der Waals surface area contributed by atoms with E-state index in [2.05, 4.69) is 71.6 Å². The van der Waals surface area contributed by atoms with E-state index in [1.807, 2.05) is 0 Å². The first-order valence-corrected chi connectivity index (χ1v) is 7.29. The fourth-order valence-corrected chi connectivity index (χ4v) is 2.41. The third-order valence-electron chi connectivity index (χ3n) is 3.21. The zero-order chi connectivity index (χ0) is 13.0. The molecule has 18 heavy (non-hydrogen) atoms. The first-order valence-electron chi connectivity index (χ1n) is 6.63. The van der Waals surface area contributed by atoms with Crippen LogP contribution >= 0.6 is 9.24 Å². The predicted octanol–water partition coefficient (Wildman–Crippen LogP) is 4.72. The van der Waals surface area contributed by atoms with Gasteiger partial charge in [-0.05, 0) is 40.8 Å². The van der Waals surface area contributed by atoms with Gasteiger partial charge in [0, 0.05) is 0 Å². The third-order valence-corrected chi connectivity index (χ3v) is 3.44. The van der Waals surface area contributed by atoms with Gasteiger partial charge < -0.3 is 0 Å². The standard InChI is InChI=1S/C17H21P/c1-3-14-4-8-16(9-5-14)17-10-6-15(7-11-17)12-13(2)18/h4-11,13H,3,12,18H2,1-2H3. The van der Waals surface area contributed by atoms with Gasteiger partial charge in [0.2, 0.25) is 0 Å². The van der Waals surface area contributed by atoms with Gasteiger partial charge in [-0.1, -0.05) is 62.4 Å². The summed E-state index contributed by atoms with van der Waals surface area (Å²) in [5.41, 5.74) is 6.05. The summed E-state index contributed by atoms with van der Waals surface area (Å²) in [4.78, 5) is 0. The Morgan fingerprint density at radius 3 is 1.67 bits per heavy atom. The van der Waals surface area contributed by atoms with E-state index in [1.165, 1.54) is 22.3 Å². The quantitative estimate of drug-likeness (QED) is 0.694. The lowest BCUT2D eigenvalue weighted by molar-refractivity contribution is 0.945. The van der Waals surface area contributed by atoms with Crippen molar-refractivity contribution in [1.29, 1.82) is 0 Å². The monoisotopic (exact) mass is 256 g/mol. The van der Waals surface area contributed by atoms with E-state index in [1.54, 1.807) is 0 Å². The lowest BCUT2D eigenvalue weighted by Crippen LogP contribution is -1.95. The van der Waals surface area contributed by atoms with Crippen LogP contribution in [0.25, 0.3) is 11.1 Å². The van der Waals surface area contributed by atoms with E-state index < -0.39 is 0 Å². The summed E-state index contributed by atoms with van der Waals surface area (Å²) in [6.45, 7) is 4.41. The van der Waals surface area contributed by atoms with Gasteiger partial charge in [-0.3, -0.25) is 0 Å². The molecule has 2 aromatic carbocycles. The largest absolute Gasteiger partial charge is 0.134 e. The summed E-state index contributed by atoms with van der Waals surface area (Å²) in [5.74, 6) is 0. The normalized spacial score (nSPS) is 12.4. The maximum atomic E-state index is 2.85. The van der Waals surface area contributed by atoms with Crippen molar-refractivity contribution in [1.82, 2.24) is 0 Å². The van der Waals surface area contributed by atoms with Crippen molar-refractivity contribution in [2.75, 3.05) is 0 Å². The summed E-state index contributed by atoms with van der Waals surface area (Å²) >= 11 is 0. The Labute approximate surface area is 113 Å². The van der Waals surface area contributed by atoms with Crippen LogP contribution < -0.4 is 0 Å². The van der Waals surface area contributed by atoms with Crippen molar-refractivity contribution >= 4 is 9.24 Å². The smallest absolute Gasteiger partial charge is 0.0184 e. The summed E-state index contributed by atoms with van der Waals surface area (Å²) in [7, 11) is 2.85. The number of hydrogen-bond acceptors (Lipinski definition) is 0. The Hall–Kier alpha value is -1.13. The number of rotatable bonds is 4. The minimum Gasteiger partial charge on any atom is -0.134 e. The number of hydrogen-bond donors (Lipinski definition) is 0. The van der Waals surface area contributed by atoms with Crippen molar-refractivity contribution in [3.63, 3.8) is 0 Å². The molecular formula is C17H21P. The van der Waals surface area contributed by atoms with Crippen LogP contribution in [0.1, 0.15) is 25.0 Å². The Bertz CT molecular complexity index is 480. The summed E-state index contributed by atoms with van der Waals surface area (Å²) in [5, 5.41) is 0. The van der Waals surface area contributed by atoms with E-state index in [0.29, 0.717) is 5.66 Å². The first-order chi connectivity index (χ1) is 8.69. The molecule has 1 heteroatoms. The zero-order valence-electron chi connectivity index (χ0n) is 11.2. The molecule has 0 fully saturated rings. The predicted molar refractivity (Wildman–Crippen MR) is 84.1 cm³/mol. The van der Waals surface area contributed by atoms with E-state index in [-0.39, 0.29) is 0 Å². The Kier molecular flexibility index (Phi) is 4.55. The molecule has 0 saturated heterocycles. The molecule has 0 aliphatic carbocycles. The van der Waals surface area contributed by atoms with Crippen LogP contribution in [0.5, 0.6) is 0 Å². The van der Waals surface area contributed by atoms with Crippen LogP contribution in [0.2, 0.25) is 0 Å². The van der Waals surface area contributed by atoms with Crippen LogP contribution in [0.15, 0.2) is 48.5 Å². The Balaban J connectivity index is 2.17. The highest BCUT2D eigenvalue weighted by molar-refractivity contribution is 7.17. The molecule has 0 radical (unpaired) electrons. The molecule has 0 N–H and O–H groups in total. The Morgan fingerprint density at radius 1 is 0.833 bits per heavy atom. The Morgan fingerprint density at radius 2 is 1.28 bits per heavy atom. The molecule has 2 rings (SSSR count). The summed E-state index contributed by atoms with van der Waals surface area (Å²) < 4.78 is 0. The number of benzene rings is 2. The van der Waals surface area contributed by atoms with Crippen molar-refractivity contribution in [3.05, 3.63) is 59.7 Å². The second-order valence-corrected chi connectivity index (χ2v) is 6.07. The van der Waals surface area contributed by atoms with Crippen LogP contribution in [0.4, 0.5) is 0 Å². The average Bonchev–Trinajstić information content (AvgIpc) is 2.39. The van der Waals surface area contributed by atoms with Gasteiger partial charge in [-0.2, -0.15) is 0 Å². The molecule has 0 spiro atoms. The highest BCUT2D eigenvalue weighted by Gasteiger charge is 2.00. The second kappa shape index (κ2) is 6.16. The summed E-state index contributed by atoms with van der Waals surface area (Å²) in [6.07, 6.45) is 2.23. The first kappa shape index (κ1) is 13.3. The van der Waals surface area contributed by atoms with Crippen LogP contribution in [0.3, 0.4) is 0 Å². The van der Waals surface area contributed by atoms with Gasteiger partial charge in [0.1, 0.15) is 0 Å². The molecule has 0 aliphatic heterocycles. The minimum absolute atomic E-state index is 0.639. The lowest BCUT2D eigenvalue weighted by atomic mass is 10.0. The maximum absolute atomic E-state index is 2.85. The molecule has 0 nitrogen and oxygen atoms in total. The lowest BCUT2D eigenvalue weighted by Gasteiger charge is -2.07. The molecule has 0 amide bonds. The summed E-state index contributed by atoms with van der Waals surface area (Å²) in [6, 6.07) is 17.8. The molecule has 2 atom stereocenters. The van der Waals surface area contributed by atoms with Gasteiger partial charge in [0.15, 0.2) is 0 Å². The van der Waals surface area contributed by atoms with Crippen molar-refractivity contribution < 1.29 is 0 Å². The van der Waals surface area contributed by atoms with Gasteiger partial charge >= 0.3 is 0 Å². The molecule has 94 valence electrons. The van der Waals surface area contributed by atoms with Crippen LogP contribution in [-0.4, -0.2) is 5.66 Å². The highest BCUT2D eigenvalue weighted by atomic mass is 31.0. The molecule has 0 saturated carbocycles. The molecule has 0 bridgehead atoms. The van der Waals surface area contributed by atoms with Crippen molar-refractivity contribution in [2.45, 2.75) is 32.3 Å². The van der Waals surface area contributed by atoms with E-state index in [4.69, 9.17) is 0 Å². The molecule has 0 heterocycles. The fraction of sp³-hybridized carbons (Fsp3) is 0.294. The number of aryl methyl sites for hydroxylation is 1. The van der Waals surface area contributed by atoms with Crippen molar-refractivity contribution in [2.24, 2.45) is 0 Å².